The van der Waals surface area contributed by atoms with Crippen LogP contribution in [-0.2, 0) is 10.2 Å². The summed E-state index contributed by atoms with van der Waals surface area (Å²) in [6.07, 6.45) is 0. The smallest absolute Gasteiger partial charge is 0.279 e. The molecule has 0 aliphatic carbocycles. The van der Waals surface area contributed by atoms with E-state index in [4.69, 9.17) is 10.9 Å². The number of hydrogen-bond donors (Lipinski definition) is 3. The highest BCUT2D eigenvalue weighted by Gasteiger charge is 2.36. The van der Waals surface area contributed by atoms with Gasteiger partial charge >= 0.3 is 0 Å². The second-order valence-corrected chi connectivity index (χ2v) is 7.93. The lowest BCUT2D eigenvalue weighted by molar-refractivity contribution is 0.118. The molecule has 0 spiro atoms. The first-order valence-corrected chi connectivity index (χ1v) is 8.53. The summed E-state index contributed by atoms with van der Waals surface area (Å²) in [5.41, 5.74) is 5.10. The van der Waals surface area contributed by atoms with Gasteiger partial charge in [0.15, 0.2) is 5.84 Å². The maximum atomic E-state index is 12.1. The molecule has 124 valence electrons. The van der Waals surface area contributed by atoms with Gasteiger partial charge in [-0.3, -0.25) is 4.90 Å². The number of amidine groups is 1. The third-order valence-electron chi connectivity index (χ3n) is 3.78. The molecule has 0 unspecified atom stereocenters. The summed E-state index contributed by atoms with van der Waals surface area (Å²) < 4.78 is 28.3. The van der Waals surface area contributed by atoms with E-state index in [9.17, 15) is 8.42 Å². The Hall–Kier alpha value is -0.900. The Bertz CT molecular complexity index is 467. The molecule has 1 aliphatic rings. The number of rotatable bonds is 6. The second-order valence-electron chi connectivity index (χ2n) is 6.18. The molecule has 9 heteroatoms. The highest BCUT2D eigenvalue weighted by molar-refractivity contribution is 7.87. The quantitative estimate of drug-likeness (QED) is 0.267. The van der Waals surface area contributed by atoms with Crippen molar-refractivity contribution < 1.29 is 13.6 Å². The standard InChI is InChI=1S/C12H27N5O3S/c1-10(2)9-14-21(19,20)17-7-5-16(6-8-17)12(3,4)11(13)15-18/h10,14,18H,5-9H2,1-4H3,(H2,13,15). The molecule has 4 N–H and O–H groups in total. The fourth-order valence-electron chi connectivity index (χ4n) is 2.14. The average molecular weight is 321 g/mol. The minimum atomic E-state index is -3.43. The Morgan fingerprint density at radius 1 is 1.33 bits per heavy atom. The van der Waals surface area contributed by atoms with Crippen molar-refractivity contribution in [3.63, 3.8) is 0 Å². The maximum absolute atomic E-state index is 12.1. The molecule has 1 rings (SSSR count). The van der Waals surface area contributed by atoms with Crippen molar-refractivity contribution in [1.82, 2.24) is 13.9 Å². The molecule has 0 aromatic rings. The van der Waals surface area contributed by atoms with Crippen molar-refractivity contribution in [2.45, 2.75) is 33.2 Å². The van der Waals surface area contributed by atoms with E-state index in [1.165, 1.54) is 4.31 Å². The molecule has 0 radical (unpaired) electrons. The molecular formula is C12H27N5O3S. The zero-order valence-corrected chi connectivity index (χ0v) is 14.0. The molecule has 21 heavy (non-hydrogen) atoms. The lowest BCUT2D eigenvalue weighted by atomic mass is 10.0. The Morgan fingerprint density at radius 3 is 2.29 bits per heavy atom. The number of nitrogens with two attached hydrogens (primary N) is 1. The van der Waals surface area contributed by atoms with E-state index in [0.29, 0.717) is 32.7 Å². The predicted molar refractivity (Wildman–Crippen MR) is 82.4 cm³/mol. The van der Waals surface area contributed by atoms with E-state index in [0.717, 1.165) is 0 Å². The highest BCUT2D eigenvalue weighted by Crippen LogP contribution is 2.18. The van der Waals surface area contributed by atoms with Gasteiger partial charge in [-0.2, -0.15) is 12.7 Å². The number of nitrogens with zero attached hydrogens (tertiary/aromatic N) is 3. The molecule has 8 nitrogen and oxygen atoms in total. The van der Waals surface area contributed by atoms with Crippen LogP contribution in [0.3, 0.4) is 0 Å². The van der Waals surface area contributed by atoms with Gasteiger partial charge in [-0.1, -0.05) is 19.0 Å². The van der Waals surface area contributed by atoms with Gasteiger partial charge in [-0.25, -0.2) is 4.72 Å². The number of hydrogen-bond acceptors (Lipinski definition) is 5. The van der Waals surface area contributed by atoms with Crippen LogP contribution in [-0.4, -0.2) is 66.9 Å². The van der Waals surface area contributed by atoms with Crippen LogP contribution in [0.2, 0.25) is 0 Å². The van der Waals surface area contributed by atoms with Crippen LogP contribution in [0.15, 0.2) is 5.16 Å². The summed E-state index contributed by atoms with van der Waals surface area (Å²) in [5.74, 6) is 0.386. The molecule has 0 aromatic heterocycles. The molecule has 1 heterocycles. The van der Waals surface area contributed by atoms with Gasteiger partial charge in [0.2, 0.25) is 0 Å². The Morgan fingerprint density at radius 2 is 1.86 bits per heavy atom. The molecule has 1 saturated heterocycles. The van der Waals surface area contributed by atoms with Crippen LogP contribution < -0.4 is 10.5 Å². The average Bonchev–Trinajstić information content (AvgIpc) is 2.44. The summed E-state index contributed by atoms with van der Waals surface area (Å²) >= 11 is 0. The van der Waals surface area contributed by atoms with Gasteiger partial charge in [0.05, 0.1) is 5.54 Å². The van der Waals surface area contributed by atoms with Crippen molar-refractivity contribution in [1.29, 1.82) is 0 Å². The van der Waals surface area contributed by atoms with Crippen LogP contribution in [0, 0.1) is 5.92 Å². The first kappa shape index (κ1) is 18.1. The summed E-state index contributed by atoms with van der Waals surface area (Å²) in [6.45, 7) is 9.88. The third kappa shape index (κ3) is 4.53. The van der Waals surface area contributed by atoms with Gasteiger partial charge in [0, 0.05) is 32.7 Å². The molecule has 0 atom stereocenters. The van der Waals surface area contributed by atoms with Crippen LogP contribution >= 0.6 is 0 Å². The topological polar surface area (TPSA) is 111 Å². The Balaban J connectivity index is 2.64. The summed E-state index contributed by atoms with van der Waals surface area (Å²) in [6, 6.07) is 0. The van der Waals surface area contributed by atoms with Crippen LogP contribution in [0.4, 0.5) is 0 Å². The van der Waals surface area contributed by atoms with Crippen molar-refractivity contribution >= 4 is 16.0 Å². The largest absolute Gasteiger partial charge is 0.409 e. The van der Waals surface area contributed by atoms with E-state index < -0.39 is 15.7 Å². The first-order chi connectivity index (χ1) is 9.61. The lowest BCUT2D eigenvalue weighted by Gasteiger charge is -2.42. The third-order valence-corrected chi connectivity index (χ3v) is 5.35. The molecule has 0 saturated carbocycles. The van der Waals surface area contributed by atoms with Gasteiger partial charge in [-0.05, 0) is 19.8 Å². The van der Waals surface area contributed by atoms with Crippen LogP contribution in [0.25, 0.3) is 0 Å². The van der Waals surface area contributed by atoms with E-state index in [2.05, 4.69) is 9.88 Å². The lowest BCUT2D eigenvalue weighted by Crippen LogP contribution is -2.61. The summed E-state index contributed by atoms with van der Waals surface area (Å²) in [4.78, 5) is 2.01. The predicted octanol–water partition coefficient (Wildman–Crippen LogP) is -0.381. The van der Waals surface area contributed by atoms with E-state index in [1.807, 2.05) is 32.6 Å². The van der Waals surface area contributed by atoms with Gasteiger partial charge in [0.1, 0.15) is 0 Å². The van der Waals surface area contributed by atoms with Crippen molar-refractivity contribution in [2.75, 3.05) is 32.7 Å². The first-order valence-electron chi connectivity index (χ1n) is 7.09. The van der Waals surface area contributed by atoms with Crippen LogP contribution in [0.1, 0.15) is 27.7 Å². The fourth-order valence-corrected chi connectivity index (χ4v) is 3.51. The fraction of sp³-hybridized carbons (Fsp3) is 0.917. The Labute approximate surface area is 127 Å². The summed E-state index contributed by atoms with van der Waals surface area (Å²) in [7, 11) is -3.43. The normalized spacial score (nSPS) is 20.1. The number of oxime groups is 1. The maximum Gasteiger partial charge on any atom is 0.279 e. The molecule has 0 bridgehead atoms. The second kappa shape index (κ2) is 6.91. The number of piperazine rings is 1. The highest BCUT2D eigenvalue weighted by atomic mass is 32.2. The zero-order chi connectivity index (χ0) is 16.3. The van der Waals surface area contributed by atoms with E-state index >= 15 is 0 Å². The molecular weight excluding hydrogens is 294 g/mol. The minimum Gasteiger partial charge on any atom is -0.409 e. The monoisotopic (exact) mass is 321 g/mol. The molecule has 1 aliphatic heterocycles. The minimum absolute atomic E-state index is 0.122. The SMILES string of the molecule is CC(C)CNS(=O)(=O)N1CCN(C(C)(C)C(N)=NO)CC1. The van der Waals surface area contributed by atoms with Gasteiger partial charge in [0.25, 0.3) is 10.2 Å². The summed E-state index contributed by atoms with van der Waals surface area (Å²) in [5, 5.41) is 11.9. The molecule has 0 amide bonds. The van der Waals surface area contributed by atoms with Gasteiger partial charge < -0.3 is 10.9 Å². The van der Waals surface area contributed by atoms with Gasteiger partial charge in [-0.15, -0.1) is 0 Å². The van der Waals surface area contributed by atoms with E-state index in [-0.39, 0.29) is 11.8 Å². The number of nitrogens with one attached hydrogen (secondary N) is 1. The molecule has 1 fully saturated rings. The van der Waals surface area contributed by atoms with Crippen molar-refractivity contribution in [2.24, 2.45) is 16.8 Å². The van der Waals surface area contributed by atoms with Crippen LogP contribution in [0.5, 0.6) is 0 Å². The van der Waals surface area contributed by atoms with Crippen molar-refractivity contribution in [3.8, 4) is 0 Å². The van der Waals surface area contributed by atoms with E-state index in [1.54, 1.807) is 0 Å². The molecule has 0 aromatic carbocycles. The van der Waals surface area contributed by atoms with Crippen molar-refractivity contribution in [3.05, 3.63) is 0 Å². The Kier molecular flexibility index (Phi) is 5.97. The zero-order valence-electron chi connectivity index (χ0n) is 13.2.